The summed E-state index contributed by atoms with van der Waals surface area (Å²) in [6.45, 7) is 6.07. The number of allylic oxidation sites excluding steroid dienone is 1. The number of halogens is 1. The average Bonchev–Trinajstić information content (AvgIpc) is 3.10. The Morgan fingerprint density at radius 2 is 1.88 bits per heavy atom. The number of ether oxygens (including phenoxy) is 2. The molecule has 1 aromatic heterocycles. The molecule has 0 bridgehead atoms. The zero-order chi connectivity index (χ0) is 23.5. The van der Waals surface area contributed by atoms with Gasteiger partial charge in [0.2, 0.25) is 0 Å². The van der Waals surface area contributed by atoms with Crippen molar-refractivity contribution in [3.05, 3.63) is 95.6 Å². The van der Waals surface area contributed by atoms with E-state index in [1.165, 1.54) is 11.3 Å². The molecule has 6 nitrogen and oxygen atoms in total. The number of aromatic nitrogens is 1. The molecule has 1 aliphatic heterocycles. The third kappa shape index (κ3) is 4.51. The average molecular weight is 483 g/mol. The van der Waals surface area contributed by atoms with E-state index in [0.717, 1.165) is 5.56 Å². The molecule has 0 spiro atoms. The molecule has 4 rings (SSSR count). The molecule has 0 amide bonds. The molecule has 0 N–H and O–H groups in total. The highest BCUT2D eigenvalue weighted by molar-refractivity contribution is 7.07. The summed E-state index contributed by atoms with van der Waals surface area (Å²) in [6, 6.07) is 13.9. The first-order valence-electron chi connectivity index (χ1n) is 10.6. The van der Waals surface area contributed by atoms with Crippen molar-refractivity contribution in [2.75, 3.05) is 13.2 Å². The van der Waals surface area contributed by atoms with Crippen LogP contribution in [-0.2, 0) is 9.53 Å². The largest absolute Gasteiger partial charge is 0.494 e. The summed E-state index contributed by atoms with van der Waals surface area (Å²) in [5, 5.41) is 0.621. The zero-order valence-electron chi connectivity index (χ0n) is 18.5. The van der Waals surface area contributed by atoms with Gasteiger partial charge in [-0.2, -0.15) is 0 Å². The lowest BCUT2D eigenvalue weighted by molar-refractivity contribution is -0.139. The summed E-state index contributed by atoms with van der Waals surface area (Å²) < 4.78 is 13.3. The predicted molar refractivity (Wildman–Crippen MR) is 129 cm³/mol. The minimum atomic E-state index is -0.713. The standard InChI is InChI=1S/C25H23ClN2O4S/c1-4-31-19-9-7-6-8-18(19)22-21(24(30)32-5-2)15(3)27-25-28(22)23(29)20(33-25)14-16-10-12-17(26)13-11-16/h6-14,22H,4-5H2,1-3H3/b20-14-/t22-/m1/s1. The Morgan fingerprint density at radius 1 is 1.15 bits per heavy atom. The van der Waals surface area contributed by atoms with Crippen molar-refractivity contribution in [3.8, 4) is 5.75 Å². The number of carbonyl (C=O) groups is 1. The number of thiazole rings is 1. The number of rotatable bonds is 6. The Morgan fingerprint density at radius 3 is 2.58 bits per heavy atom. The minimum absolute atomic E-state index is 0.219. The number of fused-ring (bicyclic) bond motifs is 1. The van der Waals surface area contributed by atoms with Gasteiger partial charge in [0.1, 0.15) is 11.8 Å². The predicted octanol–water partition coefficient (Wildman–Crippen LogP) is 3.85. The van der Waals surface area contributed by atoms with Crippen LogP contribution in [0.15, 0.2) is 69.6 Å². The summed E-state index contributed by atoms with van der Waals surface area (Å²) in [6.07, 6.45) is 1.80. The van der Waals surface area contributed by atoms with E-state index in [9.17, 15) is 9.59 Å². The quantitative estimate of drug-likeness (QED) is 0.500. The van der Waals surface area contributed by atoms with Crippen LogP contribution in [0.3, 0.4) is 0 Å². The molecule has 0 aliphatic carbocycles. The molecule has 2 aromatic carbocycles. The van der Waals surface area contributed by atoms with Gasteiger partial charge < -0.3 is 9.47 Å². The van der Waals surface area contributed by atoms with Gasteiger partial charge in [0.15, 0.2) is 4.80 Å². The minimum Gasteiger partial charge on any atom is -0.494 e. The first-order chi connectivity index (χ1) is 15.9. The van der Waals surface area contributed by atoms with E-state index in [0.29, 0.717) is 43.5 Å². The van der Waals surface area contributed by atoms with Crippen LogP contribution >= 0.6 is 22.9 Å². The molecule has 1 aliphatic rings. The van der Waals surface area contributed by atoms with Gasteiger partial charge in [-0.05, 0) is 50.6 Å². The van der Waals surface area contributed by atoms with Gasteiger partial charge in [-0.15, -0.1) is 0 Å². The molecule has 0 saturated carbocycles. The molecule has 33 heavy (non-hydrogen) atoms. The van der Waals surface area contributed by atoms with Crippen LogP contribution in [0, 0.1) is 0 Å². The lowest BCUT2D eigenvalue weighted by atomic mass is 9.95. The molecular weight excluding hydrogens is 460 g/mol. The summed E-state index contributed by atoms with van der Waals surface area (Å²) in [5.41, 5.74) is 2.16. The van der Waals surface area contributed by atoms with E-state index in [2.05, 4.69) is 4.99 Å². The van der Waals surface area contributed by atoms with E-state index in [1.54, 1.807) is 36.6 Å². The fraction of sp³-hybridized carbons (Fsp3) is 0.240. The van der Waals surface area contributed by atoms with Gasteiger partial charge >= 0.3 is 5.97 Å². The van der Waals surface area contributed by atoms with Gasteiger partial charge in [-0.25, -0.2) is 9.79 Å². The number of hydrogen-bond donors (Lipinski definition) is 0. The van der Waals surface area contributed by atoms with Crippen LogP contribution in [0.5, 0.6) is 5.75 Å². The summed E-state index contributed by atoms with van der Waals surface area (Å²) >= 11 is 7.27. The maximum absolute atomic E-state index is 13.6. The lowest BCUT2D eigenvalue weighted by Crippen LogP contribution is -2.40. The maximum atomic E-state index is 13.6. The highest BCUT2D eigenvalue weighted by atomic mass is 35.5. The van der Waals surface area contributed by atoms with Crippen LogP contribution < -0.4 is 19.6 Å². The number of hydrogen-bond acceptors (Lipinski definition) is 6. The van der Waals surface area contributed by atoms with Gasteiger partial charge in [-0.1, -0.05) is 53.3 Å². The van der Waals surface area contributed by atoms with Gasteiger partial charge in [0.05, 0.1) is 29.0 Å². The fourth-order valence-corrected chi connectivity index (χ4v) is 4.96. The van der Waals surface area contributed by atoms with Crippen LogP contribution in [0.4, 0.5) is 0 Å². The van der Waals surface area contributed by atoms with Crippen LogP contribution in [0.1, 0.15) is 37.9 Å². The molecule has 170 valence electrons. The highest BCUT2D eigenvalue weighted by Crippen LogP contribution is 2.35. The van der Waals surface area contributed by atoms with Crippen molar-refractivity contribution in [1.82, 2.24) is 4.57 Å². The van der Waals surface area contributed by atoms with E-state index in [-0.39, 0.29) is 12.2 Å². The molecule has 1 atom stereocenters. The fourth-order valence-electron chi connectivity index (χ4n) is 3.79. The van der Waals surface area contributed by atoms with Crippen LogP contribution in [0.25, 0.3) is 6.08 Å². The van der Waals surface area contributed by atoms with Gasteiger partial charge in [-0.3, -0.25) is 9.36 Å². The Labute approximate surface area is 200 Å². The van der Waals surface area contributed by atoms with Crippen LogP contribution in [0.2, 0.25) is 5.02 Å². The van der Waals surface area contributed by atoms with E-state index in [4.69, 9.17) is 21.1 Å². The van der Waals surface area contributed by atoms with E-state index >= 15 is 0 Å². The Balaban J connectivity index is 1.98. The molecule has 3 aromatic rings. The van der Waals surface area contributed by atoms with E-state index < -0.39 is 12.0 Å². The normalized spacial score (nSPS) is 15.8. The molecule has 0 unspecified atom stereocenters. The Bertz CT molecular complexity index is 1400. The lowest BCUT2D eigenvalue weighted by Gasteiger charge is -2.26. The van der Waals surface area contributed by atoms with Gasteiger partial charge in [0.25, 0.3) is 5.56 Å². The SMILES string of the molecule is CCOC(=O)C1=C(C)N=c2s/c(=C\c3ccc(Cl)cc3)c(=O)n2[C@@H]1c1ccccc1OCC. The maximum Gasteiger partial charge on any atom is 0.338 e. The third-order valence-electron chi connectivity index (χ3n) is 5.20. The Hall–Kier alpha value is -3.16. The molecule has 8 heteroatoms. The van der Waals surface area contributed by atoms with Crippen molar-refractivity contribution < 1.29 is 14.3 Å². The van der Waals surface area contributed by atoms with Crippen molar-refractivity contribution in [2.24, 2.45) is 4.99 Å². The van der Waals surface area contributed by atoms with Crippen molar-refractivity contribution >= 4 is 35.0 Å². The Kier molecular flexibility index (Phi) is 6.81. The first-order valence-corrected chi connectivity index (χ1v) is 11.8. The monoisotopic (exact) mass is 482 g/mol. The van der Waals surface area contributed by atoms with Crippen molar-refractivity contribution in [3.63, 3.8) is 0 Å². The van der Waals surface area contributed by atoms with Crippen molar-refractivity contribution in [1.29, 1.82) is 0 Å². The van der Waals surface area contributed by atoms with Crippen LogP contribution in [-0.4, -0.2) is 23.8 Å². The number of carbonyl (C=O) groups excluding carboxylic acids is 1. The highest BCUT2D eigenvalue weighted by Gasteiger charge is 2.34. The first kappa shape index (κ1) is 23.0. The molecule has 0 fully saturated rings. The van der Waals surface area contributed by atoms with E-state index in [1.807, 2.05) is 43.3 Å². The molecule has 2 heterocycles. The second-order valence-corrected chi connectivity index (χ2v) is 8.77. The summed E-state index contributed by atoms with van der Waals surface area (Å²) in [4.78, 5) is 31.7. The smallest absolute Gasteiger partial charge is 0.338 e. The number of esters is 1. The second-order valence-electron chi connectivity index (χ2n) is 7.32. The molecule has 0 radical (unpaired) electrons. The topological polar surface area (TPSA) is 69.9 Å². The molecule has 0 saturated heterocycles. The zero-order valence-corrected chi connectivity index (χ0v) is 20.1. The third-order valence-corrected chi connectivity index (χ3v) is 6.43. The van der Waals surface area contributed by atoms with Gasteiger partial charge in [0, 0.05) is 10.6 Å². The molecular formula is C25H23ClN2O4S. The number of nitrogens with zero attached hydrogens (tertiary/aromatic N) is 2. The number of benzene rings is 2. The van der Waals surface area contributed by atoms with Crippen molar-refractivity contribution in [2.45, 2.75) is 26.8 Å². The number of para-hydroxylation sites is 1. The second kappa shape index (κ2) is 9.77. The summed E-state index contributed by atoms with van der Waals surface area (Å²) in [7, 11) is 0. The summed E-state index contributed by atoms with van der Waals surface area (Å²) in [5.74, 6) is 0.107.